The van der Waals surface area contributed by atoms with E-state index < -0.39 is 14.8 Å². The smallest absolute Gasteiger partial charge is 0.216 e. The van der Waals surface area contributed by atoms with Crippen LogP contribution in [0, 0.1) is 0 Å². The van der Waals surface area contributed by atoms with Gasteiger partial charge in [-0.05, 0) is 62.6 Å². The van der Waals surface area contributed by atoms with Crippen LogP contribution < -0.4 is 10.0 Å². The maximum absolute atomic E-state index is 11.9. The first-order valence-electron chi connectivity index (χ1n) is 8.97. The van der Waals surface area contributed by atoms with Crippen LogP contribution in [0.2, 0.25) is 0 Å². The number of nitrogens with one attached hydrogen (secondary N) is 2. The fraction of sp³-hybridized carbons (Fsp3) is 0.500. The summed E-state index contributed by atoms with van der Waals surface area (Å²) in [6.07, 6.45) is 2.93. The molecule has 4 nitrogen and oxygen atoms in total. The second-order valence-electron chi connectivity index (χ2n) is 7.43. The van der Waals surface area contributed by atoms with E-state index in [0.717, 1.165) is 32.4 Å². The van der Waals surface area contributed by atoms with Crippen LogP contribution >= 0.6 is 0 Å². The molecule has 0 fully saturated rings. The fourth-order valence-corrected chi connectivity index (χ4v) is 3.40. The van der Waals surface area contributed by atoms with Crippen molar-refractivity contribution in [2.75, 3.05) is 13.1 Å². The molecule has 2 aromatic rings. The summed E-state index contributed by atoms with van der Waals surface area (Å²) in [4.78, 5) is 0. The van der Waals surface area contributed by atoms with E-state index in [1.807, 2.05) is 0 Å². The quantitative estimate of drug-likeness (QED) is 0.667. The first kappa shape index (κ1) is 19.9. The molecule has 0 bridgehead atoms. The zero-order valence-electron chi connectivity index (χ0n) is 15.5. The number of unbranched alkanes of at least 4 members (excludes halogenated alkanes) is 2. The van der Waals surface area contributed by atoms with Crippen LogP contribution in [0.15, 0.2) is 42.5 Å². The van der Waals surface area contributed by atoms with Gasteiger partial charge in [-0.1, -0.05) is 42.8 Å². The zero-order chi connectivity index (χ0) is 18.3. The molecule has 0 spiro atoms. The molecule has 0 saturated carbocycles. The van der Waals surface area contributed by atoms with Crippen molar-refractivity contribution in [2.24, 2.45) is 0 Å². The SMILES string of the molecule is CC(C)(C)S(=O)(=O)NCCCCCNCc1ccc2ccccc2c1. The van der Waals surface area contributed by atoms with Gasteiger partial charge in [0.25, 0.3) is 0 Å². The van der Waals surface area contributed by atoms with E-state index in [1.165, 1.54) is 16.3 Å². The molecule has 2 N–H and O–H groups in total. The van der Waals surface area contributed by atoms with Crippen LogP contribution in [-0.2, 0) is 16.6 Å². The van der Waals surface area contributed by atoms with Gasteiger partial charge < -0.3 is 5.32 Å². The molecule has 2 rings (SSSR count). The molecule has 0 aliphatic heterocycles. The Kier molecular flexibility index (Phi) is 6.99. The molecule has 0 amide bonds. The highest BCUT2D eigenvalue weighted by molar-refractivity contribution is 7.90. The van der Waals surface area contributed by atoms with Gasteiger partial charge in [-0.3, -0.25) is 0 Å². The lowest BCUT2D eigenvalue weighted by atomic mass is 10.1. The van der Waals surface area contributed by atoms with Gasteiger partial charge in [0.05, 0.1) is 4.75 Å². The van der Waals surface area contributed by atoms with Crippen LogP contribution in [0.5, 0.6) is 0 Å². The molecule has 0 aromatic heterocycles. The second kappa shape index (κ2) is 8.79. The van der Waals surface area contributed by atoms with E-state index >= 15 is 0 Å². The second-order valence-corrected chi connectivity index (χ2v) is 9.95. The van der Waals surface area contributed by atoms with Crippen LogP contribution in [0.4, 0.5) is 0 Å². The number of hydrogen-bond donors (Lipinski definition) is 2. The third-order valence-electron chi connectivity index (χ3n) is 4.27. The summed E-state index contributed by atoms with van der Waals surface area (Å²) in [5, 5.41) is 6.00. The average Bonchev–Trinajstić information content (AvgIpc) is 2.56. The van der Waals surface area contributed by atoms with E-state index in [4.69, 9.17) is 0 Å². The summed E-state index contributed by atoms with van der Waals surface area (Å²) in [5.41, 5.74) is 1.29. The Morgan fingerprint density at radius 2 is 1.56 bits per heavy atom. The number of sulfonamides is 1. The Balaban J connectivity index is 1.60. The zero-order valence-corrected chi connectivity index (χ0v) is 16.3. The average molecular weight is 363 g/mol. The highest BCUT2D eigenvalue weighted by Gasteiger charge is 2.27. The highest BCUT2D eigenvalue weighted by atomic mass is 32.2. The summed E-state index contributed by atoms with van der Waals surface area (Å²) in [6.45, 7) is 7.47. The first-order chi connectivity index (χ1) is 11.8. The Hall–Kier alpha value is -1.43. The molecule has 5 heteroatoms. The number of hydrogen-bond acceptors (Lipinski definition) is 3. The van der Waals surface area contributed by atoms with Crippen molar-refractivity contribution in [3.63, 3.8) is 0 Å². The number of benzene rings is 2. The summed E-state index contributed by atoms with van der Waals surface area (Å²) >= 11 is 0. The standard InChI is InChI=1S/C20H30N2O2S/c1-20(2,3)25(23,24)22-14-8-4-7-13-21-16-17-11-12-18-9-5-6-10-19(18)15-17/h5-6,9-12,15,21-22H,4,7-8,13-14,16H2,1-3H3. The summed E-state index contributed by atoms with van der Waals surface area (Å²) < 4.78 is 25.8. The molecule has 0 aliphatic rings. The van der Waals surface area contributed by atoms with E-state index in [1.54, 1.807) is 20.8 Å². The van der Waals surface area contributed by atoms with Crippen molar-refractivity contribution in [3.8, 4) is 0 Å². The number of rotatable bonds is 9. The van der Waals surface area contributed by atoms with E-state index in [2.05, 4.69) is 52.5 Å². The van der Waals surface area contributed by atoms with Crippen LogP contribution in [-0.4, -0.2) is 26.3 Å². The van der Waals surface area contributed by atoms with E-state index in [0.29, 0.717) is 6.54 Å². The van der Waals surface area contributed by atoms with Gasteiger partial charge in [0.1, 0.15) is 0 Å². The van der Waals surface area contributed by atoms with Crippen molar-refractivity contribution in [1.29, 1.82) is 0 Å². The van der Waals surface area contributed by atoms with Crippen molar-refractivity contribution in [1.82, 2.24) is 10.0 Å². The summed E-state index contributed by atoms with van der Waals surface area (Å²) in [5.74, 6) is 0. The minimum absolute atomic E-state index is 0.518. The molecule has 0 heterocycles. The molecule has 0 saturated heterocycles. The first-order valence-corrected chi connectivity index (χ1v) is 10.5. The largest absolute Gasteiger partial charge is 0.313 e. The highest BCUT2D eigenvalue weighted by Crippen LogP contribution is 2.15. The van der Waals surface area contributed by atoms with Crippen molar-refractivity contribution in [3.05, 3.63) is 48.0 Å². The Labute approximate surface area is 152 Å². The number of fused-ring (bicyclic) bond motifs is 1. The molecular formula is C20H30N2O2S. The van der Waals surface area contributed by atoms with Gasteiger partial charge in [0.15, 0.2) is 0 Å². The molecule has 0 radical (unpaired) electrons. The van der Waals surface area contributed by atoms with Gasteiger partial charge >= 0.3 is 0 Å². The summed E-state index contributed by atoms with van der Waals surface area (Å²) in [6, 6.07) is 14.9. The minimum atomic E-state index is -3.21. The predicted molar refractivity (Wildman–Crippen MR) is 106 cm³/mol. The molecule has 138 valence electrons. The summed E-state index contributed by atoms with van der Waals surface area (Å²) in [7, 11) is -3.21. The predicted octanol–water partition coefficient (Wildman–Crippen LogP) is 3.82. The van der Waals surface area contributed by atoms with Gasteiger partial charge in [-0.15, -0.1) is 0 Å². The molecule has 0 aliphatic carbocycles. The topological polar surface area (TPSA) is 58.2 Å². The lowest BCUT2D eigenvalue weighted by Gasteiger charge is -2.19. The van der Waals surface area contributed by atoms with Crippen molar-refractivity contribution in [2.45, 2.75) is 51.3 Å². The molecule has 2 aromatic carbocycles. The van der Waals surface area contributed by atoms with E-state index in [9.17, 15) is 8.42 Å². The lowest BCUT2D eigenvalue weighted by molar-refractivity contribution is 0.537. The Bertz CT molecular complexity index is 780. The molecule has 0 atom stereocenters. The molecule has 25 heavy (non-hydrogen) atoms. The lowest BCUT2D eigenvalue weighted by Crippen LogP contribution is -2.39. The van der Waals surface area contributed by atoms with Gasteiger partial charge in [0.2, 0.25) is 10.0 Å². The third-order valence-corrected chi connectivity index (χ3v) is 6.47. The normalized spacial score (nSPS) is 12.6. The van der Waals surface area contributed by atoms with Crippen molar-refractivity contribution >= 4 is 20.8 Å². The molecular weight excluding hydrogens is 332 g/mol. The van der Waals surface area contributed by atoms with E-state index in [-0.39, 0.29) is 0 Å². The van der Waals surface area contributed by atoms with Crippen LogP contribution in [0.3, 0.4) is 0 Å². The minimum Gasteiger partial charge on any atom is -0.313 e. The monoisotopic (exact) mass is 362 g/mol. The van der Waals surface area contributed by atoms with Gasteiger partial charge in [-0.2, -0.15) is 0 Å². The molecule has 0 unspecified atom stereocenters. The third kappa shape index (κ3) is 6.10. The maximum Gasteiger partial charge on any atom is 0.216 e. The van der Waals surface area contributed by atoms with Crippen LogP contribution in [0.25, 0.3) is 10.8 Å². The Morgan fingerprint density at radius 1 is 0.880 bits per heavy atom. The van der Waals surface area contributed by atoms with Crippen LogP contribution in [0.1, 0.15) is 45.6 Å². The van der Waals surface area contributed by atoms with Gasteiger partial charge in [0, 0.05) is 13.1 Å². The Morgan fingerprint density at radius 3 is 2.28 bits per heavy atom. The van der Waals surface area contributed by atoms with Gasteiger partial charge in [-0.25, -0.2) is 13.1 Å². The van der Waals surface area contributed by atoms with Crippen molar-refractivity contribution < 1.29 is 8.42 Å². The fourth-order valence-electron chi connectivity index (χ4n) is 2.56. The maximum atomic E-state index is 11.9.